The first kappa shape index (κ1) is 23.1. The fraction of sp³-hybridized carbons (Fsp3) is 0.500. The van der Waals surface area contributed by atoms with Crippen molar-refractivity contribution in [2.45, 2.75) is 44.7 Å². The maximum Gasteiger partial charge on any atom is 0.416 e. The quantitative estimate of drug-likeness (QED) is 0.701. The van der Waals surface area contributed by atoms with Crippen molar-refractivity contribution in [2.75, 3.05) is 31.6 Å². The molecule has 2 aliphatic rings. The standard InChI is InChI=1S/C22H25F3N4O4/c1-13-9-16-17(11-29(21(16)31)12-18(30)22(23,24)25)27-20(13)28-7-5-14(6-8-28)33-15-3-4-19(32-2)26-10-15/h3-4,9-10,14,18,30H,5-8,11-12H2,1-2H3. The third-order valence-electron chi connectivity index (χ3n) is 5.86. The van der Waals surface area contributed by atoms with Crippen molar-refractivity contribution in [1.29, 1.82) is 0 Å². The van der Waals surface area contributed by atoms with Crippen LogP contribution in [0.1, 0.15) is 34.5 Å². The Hall–Kier alpha value is -3.08. The number of alkyl halides is 3. The van der Waals surface area contributed by atoms with E-state index in [0.29, 0.717) is 36.2 Å². The van der Waals surface area contributed by atoms with Gasteiger partial charge in [0.2, 0.25) is 5.88 Å². The van der Waals surface area contributed by atoms with Crippen LogP contribution in [0, 0.1) is 6.92 Å². The number of carbonyl (C=O) groups excluding carboxylic acids is 1. The molecule has 1 saturated heterocycles. The average molecular weight is 466 g/mol. The summed E-state index contributed by atoms with van der Waals surface area (Å²) in [6.45, 7) is 2.33. The van der Waals surface area contributed by atoms with Crippen LogP contribution in [0.2, 0.25) is 0 Å². The molecule has 0 aliphatic carbocycles. The number of anilines is 1. The van der Waals surface area contributed by atoms with Gasteiger partial charge in [-0.1, -0.05) is 0 Å². The second-order valence-corrected chi connectivity index (χ2v) is 8.21. The van der Waals surface area contributed by atoms with Crippen molar-refractivity contribution >= 4 is 11.7 Å². The van der Waals surface area contributed by atoms with E-state index in [1.54, 1.807) is 25.4 Å². The Kier molecular flexibility index (Phi) is 6.33. The summed E-state index contributed by atoms with van der Waals surface area (Å²) in [7, 11) is 1.55. The predicted octanol–water partition coefficient (Wildman–Crippen LogP) is 2.72. The van der Waals surface area contributed by atoms with Crippen molar-refractivity contribution in [3.05, 3.63) is 41.2 Å². The van der Waals surface area contributed by atoms with E-state index in [2.05, 4.69) is 14.9 Å². The number of nitrogens with zero attached hydrogens (tertiary/aromatic N) is 4. The average Bonchev–Trinajstić information content (AvgIpc) is 3.08. The lowest BCUT2D eigenvalue weighted by Crippen LogP contribution is -2.41. The number of aliphatic hydroxyl groups excluding tert-OH is 1. The summed E-state index contributed by atoms with van der Waals surface area (Å²) in [5, 5.41) is 9.34. The molecular formula is C22H25F3N4O4. The molecule has 0 aromatic carbocycles. The van der Waals surface area contributed by atoms with Crippen LogP contribution >= 0.6 is 0 Å². The Labute approximate surface area is 188 Å². The van der Waals surface area contributed by atoms with E-state index in [4.69, 9.17) is 9.47 Å². The zero-order chi connectivity index (χ0) is 23.8. The molecule has 0 bridgehead atoms. The van der Waals surface area contributed by atoms with Crippen molar-refractivity contribution in [1.82, 2.24) is 14.9 Å². The number of ether oxygens (including phenoxy) is 2. The summed E-state index contributed by atoms with van der Waals surface area (Å²) >= 11 is 0. The highest BCUT2D eigenvalue weighted by molar-refractivity contribution is 5.98. The second-order valence-electron chi connectivity index (χ2n) is 8.21. The third kappa shape index (κ3) is 4.97. The summed E-state index contributed by atoms with van der Waals surface area (Å²) in [6, 6.07) is 5.22. The van der Waals surface area contributed by atoms with E-state index >= 15 is 0 Å². The van der Waals surface area contributed by atoms with Crippen molar-refractivity contribution < 1.29 is 32.5 Å². The molecule has 0 saturated carbocycles. The van der Waals surface area contributed by atoms with E-state index in [0.717, 1.165) is 23.3 Å². The minimum Gasteiger partial charge on any atom is -0.489 e. The fourth-order valence-corrected chi connectivity index (χ4v) is 4.08. The minimum absolute atomic E-state index is 0.0205. The van der Waals surface area contributed by atoms with Crippen LogP contribution in [0.4, 0.5) is 19.0 Å². The van der Waals surface area contributed by atoms with Gasteiger partial charge in [0, 0.05) is 32.0 Å². The molecule has 0 radical (unpaired) electrons. The van der Waals surface area contributed by atoms with Crippen LogP contribution < -0.4 is 14.4 Å². The predicted molar refractivity (Wildman–Crippen MR) is 112 cm³/mol. The fourth-order valence-electron chi connectivity index (χ4n) is 4.08. The molecule has 11 heteroatoms. The van der Waals surface area contributed by atoms with E-state index in [1.165, 1.54) is 0 Å². The van der Waals surface area contributed by atoms with Crippen LogP contribution in [0.5, 0.6) is 11.6 Å². The van der Waals surface area contributed by atoms with Gasteiger partial charge in [0.15, 0.2) is 6.10 Å². The smallest absolute Gasteiger partial charge is 0.416 e. The van der Waals surface area contributed by atoms with Gasteiger partial charge in [-0.2, -0.15) is 13.2 Å². The molecule has 1 unspecified atom stereocenters. The summed E-state index contributed by atoms with van der Waals surface area (Å²) < 4.78 is 49.2. The number of aryl methyl sites for hydroxylation is 1. The van der Waals surface area contributed by atoms with Gasteiger partial charge in [-0.3, -0.25) is 4.79 Å². The number of amides is 1. The zero-order valence-electron chi connectivity index (χ0n) is 18.3. The highest BCUT2D eigenvalue weighted by Crippen LogP contribution is 2.31. The molecule has 2 aliphatic heterocycles. The number of aliphatic hydroxyl groups is 1. The van der Waals surface area contributed by atoms with Crippen LogP contribution in [0.25, 0.3) is 0 Å². The van der Waals surface area contributed by atoms with Gasteiger partial charge in [-0.15, -0.1) is 0 Å². The van der Waals surface area contributed by atoms with Gasteiger partial charge >= 0.3 is 6.18 Å². The lowest BCUT2D eigenvalue weighted by atomic mass is 10.1. The number of aromatic nitrogens is 2. The highest BCUT2D eigenvalue weighted by atomic mass is 19.4. The van der Waals surface area contributed by atoms with E-state index in [1.807, 2.05) is 13.0 Å². The van der Waals surface area contributed by atoms with Crippen LogP contribution in [-0.2, 0) is 6.54 Å². The van der Waals surface area contributed by atoms with Crippen molar-refractivity contribution in [3.63, 3.8) is 0 Å². The van der Waals surface area contributed by atoms with E-state index in [9.17, 15) is 23.1 Å². The Balaban J connectivity index is 1.39. The number of fused-ring (bicyclic) bond motifs is 1. The van der Waals surface area contributed by atoms with Crippen LogP contribution in [-0.4, -0.2) is 71.0 Å². The number of pyridine rings is 2. The Morgan fingerprint density at radius 1 is 1.27 bits per heavy atom. The summed E-state index contributed by atoms with van der Waals surface area (Å²) in [5.74, 6) is 1.35. The maximum atomic E-state index is 12.7. The minimum atomic E-state index is -4.78. The van der Waals surface area contributed by atoms with E-state index < -0.39 is 24.7 Å². The Morgan fingerprint density at radius 2 is 2.00 bits per heavy atom. The number of piperidine rings is 1. The number of halogens is 3. The molecule has 178 valence electrons. The van der Waals surface area contributed by atoms with Gasteiger partial charge in [0.25, 0.3) is 5.91 Å². The van der Waals surface area contributed by atoms with Gasteiger partial charge in [0.05, 0.1) is 37.7 Å². The molecule has 1 fully saturated rings. The van der Waals surface area contributed by atoms with Crippen molar-refractivity contribution in [2.24, 2.45) is 0 Å². The summed E-state index contributed by atoms with van der Waals surface area (Å²) in [4.78, 5) is 24.4. The SMILES string of the molecule is COc1ccc(OC2CCN(c3nc4c(cc3C)C(=O)N(CC(O)C(F)(F)F)C4)CC2)cn1. The molecule has 33 heavy (non-hydrogen) atoms. The Morgan fingerprint density at radius 3 is 2.61 bits per heavy atom. The van der Waals surface area contributed by atoms with Gasteiger partial charge < -0.3 is 24.4 Å². The molecule has 2 aromatic rings. The first-order valence-corrected chi connectivity index (χ1v) is 10.6. The number of rotatable bonds is 6. The molecule has 2 aromatic heterocycles. The van der Waals surface area contributed by atoms with Crippen LogP contribution in [0.3, 0.4) is 0 Å². The van der Waals surface area contributed by atoms with E-state index in [-0.39, 0.29) is 18.2 Å². The monoisotopic (exact) mass is 466 g/mol. The molecule has 1 atom stereocenters. The summed E-state index contributed by atoms with van der Waals surface area (Å²) in [6.07, 6.45) is -4.21. The van der Waals surface area contributed by atoms with Gasteiger partial charge in [0.1, 0.15) is 17.7 Å². The number of methoxy groups -OCH3 is 1. The first-order valence-electron chi connectivity index (χ1n) is 10.6. The second kappa shape index (κ2) is 9.05. The summed E-state index contributed by atoms with van der Waals surface area (Å²) in [5.41, 5.74) is 1.49. The largest absolute Gasteiger partial charge is 0.489 e. The molecule has 1 amide bonds. The maximum absolute atomic E-state index is 12.7. The highest BCUT2D eigenvalue weighted by Gasteiger charge is 2.42. The number of carbonyl (C=O) groups is 1. The van der Waals surface area contributed by atoms with Gasteiger partial charge in [-0.05, 0) is 24.6 Å². The molecule has 8 nitrogen and oxygen atoms in total. The van der Waals surface area contributed by atoms with Crippen LogP contribution in [0.15, 0.2) is 24.4 Å². The topological polar surface area (TPSA) is 88.0 Å². The molecule has 1 N–H and O–H groups in total. The molecule has 0 spiro atoms. The molecule has 4 rings (SSSR count). The number of β-amino-alcohol motifs (C(OH)–C–C–N with tert-alkyl or cyclic N) is 1. The zero-order valence-corrected chi connectivity index (χ0v) is 18.3. The van der Waals surface area contributed by atoms with Gasteiger partial charge in [-0.25, -0.2) is 9.97 Å². The Bertz CT molecular complexity index is 1010. The molecular weight excluding hydrogens is 441 g/mol. The number of hydrogen-bond acceptors (Lipinski definition) is 7. The number of hydrogen-bond donors (Lipinski definition) is 1. The first-order chi connectivity index (χ1) is 15.7. The third-order valence-corrected chi connectivity index (χ3v) is 5.86. The lowest BCUT2D eigenvalue weighted by Gasteiger charge is -2.33. The molecule has 4 heterocycles. The normalized spacial score (nSPS) is 17.8. The van der Waals surface area contributed by atoms with Crippen molar-refractivity contribution in [3.8, 4) is 11.6 Å². The lowest BCUT2D eigenvalue weighted by molar-refractivity contribution is -0.206.